The van der Waals surface area contributed by atoms with E-state index in [1.54, 1.807) is 35.7 Å². The molecule has 1 aliphatic rings. The SMILES string of the molecule is COc1ccc(Nc2ccc(S(=O)(=O)N3CCCCC3C)cc2)cc1. The summed E-state index contributed by atoms with van der Waals surface area (Å²) >= 11 is 0. The van der Waals surface area contributed by atoms with Crippen LogP contribution in [0.2, 0.25) is 0 Å². The van der Waals surface area contributed by atoms with E-state index in [4.69, 9.17) is 4.74 Å². The topological polar surface area (TPSA) is 58.6 Å². The monoisotopic (exact) mass is 360 g/mol. The van der Waals surface area contributed by atoms with E-state index in [0.29, 0.717) is 11.4 Å². The Bertz CT molecular complexity index is 802. The van der Waals surface area contributed by atoms with E-state index < -0.39 is 10.0 Å². The average Bonchev–Trinajstić information content (AvgIpc) is 2.63. The van der Waals surface area contributed by atoms with E-state index in [1.165, 1.54) is 0 Å². The van der Waals surface area contributed by atoms with Gasteiger partial charge in [-0.3, -0.25) is 0 Å². The Morgan fingerprint density at radius 1 is 1.00 bits per heavy atom. The number of methoxy groups -OCH3 is 1. The van der Waals surface area contributed by atoms with Crippen molar-refractivity contribution >= 4 is 21.4 Å². The number of ether oxygens (including phenoxy) is 1. The van der Waals surface area contributed by atoms with Gasteiger partial charge in [0.2, 0.25) is 10.0 Å². The molecule has 3 rings (SSSR count). The first-order chi connectivity index (χ1) is 12.0. The van der Waals surface area contributed by atoms with Crippen molar-refractivity contribution in [2.45, 2.75) is 37.1 Å². The summed E-state index contributed by atoms with van der Waals surface area (Å²) in [5.74, 6) is 0.794. The van der Waals surface area contributed by atoms with Crippen molar-refractivity contribution in [3.05, 3.63) is 48.5 Å². The fourth-order valence-electron chi connectivity index (χ4n) is 3.12. The van der Waals surface area contributed by atoms with Crippen LogP contribution in [0, 0.1) is 0 Å². The maximum absolute atomic E-state index is 12.8. The second kappa shape index (κ2) is 7.45. The van der Waals surface area contributed by atoms with Gasteiger partial charge in [0, 0.05) is 24.0 Å². The van der Waals surface area contributed by atoms with Gasteiger partial charge in [-0.25, -0.2) is 8.42 Å². The zero-order chi connectivity index (χ0) is 17.9. The smallest absolute Gasteiger partial charge is 0.243 e. The summed E-state index contributed by atoms with van der Waals surface area (Å²) in [5, 5.41) is 3.26. The lowest BCUT2D eigenvalue weighted by molar-refractivity contribution is 0.268. The van der Waals surface area contributed by atoms with Gasteiger partial charge in [0.15, 0.2) is 0 Å². The summed E-state index contributed by atoms with van der Waals surface area (Å²) in [4.78, 5) is 0.349. The van der Waals surface area contributed by atoms with Crippen molar-refractivity contribution in [1.82, 2.24) is 4.31 Å². The van der Waals surface area contributed by atoms with Crippen molar-refractivity contribution in [2.24, 2.45) is 0 Å². The molecule has 1 aliphatic heterocycles. The fourth-order valence-corrected chi connectivity index (χ4v) is 4.81. The molecular formula is C19H24N2O3S. The molecule has 1 saturated heterocycles. The third-order valence-electron chi connectivity index (χ3n) is 4.58. The molecular weight excluding hydrogens is 336 g/mol. The van der Waals surface area contributed by atoms with Gasteiger partial charge in [-0.05, 0) is 68.3 Å². The van der Waals surface area contributed by atoms with Gasteiger partial charge in [-0.2, -0.15) is 4.31 Å². The van der Waals surface area contributed by atoms with E-state index in [1.807, 2.05) is 31.2 Å². The molecule has 0 saturated carbocycles. The summed E-state index contributed by atoms with van der Waals surface area (Å²) in [6.07, 6.45) is 2.95. The predicted molar refractivity (Wildman–Crippen MR) is 99.9 cm³/mol. The zero-order valence-electron chi connectivity index (χ0n) is 14.6. The Hall–Kier alpha value is -2.05. The first-order valence-corrected chi connectivity index (χ1v) is 9.98. The molecule has 0 amide bonds. The predicted octanol–water partition coefficient (Wildman–Crippen LogP) is 4.00. The van der Waals surface area contributed by atoms with Crippen LogP contribution in [0.5, 0.6) is 5.75 Å². The summed E-state index contributed by atoms with van der Waals surface area (Å²) < 4.78 is 32.4. The zero-order valence-corrected chi connectivity index (χ0v) is 15.4. The van der Waals surface area contributed by atoms with Gasteiger partial charge in [0.1, 0.15) is 5.75 Å². The van der Waals surface area contributed by atoms with E-state index in [-0.39, 0.29) is 6.04 Å². The number of nitrogens with zero attached hydrogens (tertiary/aromatic N) is 1. The molecule has 1 fully saturated rings. The minimum absolute atomic E-state index is 0.0656. The lowest BCUT2D eigenvalue weighted by atomic mass is 10.1. The van der Waals surface area contributed by atoms with Crippen LogP contribution in [-0.4, -0.2) is 32.4 Å². The first-order valence-electron chi connectivity index (χ1n) is 8.54. The average molecular weight is 360 g/mol. The number of benzene rings is 2. The molecule has 25 heavy (non-hydrogen) atoms. The third kappa shape index (κ3) is 3.96. The maximum Gasteiger partial charge on any atom is 0.243 e. The molecule has 0 aliphatic carbocycles. The van der Waals surface area contributed by atoms with Gasteiger partial charge in [-0.1, -0.05) is 6.42 Å². The second-order valence-electron chi connectivity index (χ2n) is 6.34. The Balaban J connectivity index is 1.74. The minimum Gasteiger partial charge on any atom is -0.497 e. The number of sulfonamides is 1. The van der Waals surface area contributed by atoms with E-state index in [9.17, 15) is 8.42 Å². The molecule has 1 heterocycles. The second-order valence-corrected chi connectivity index (χ2v) is 8.23. The third-order valence-corrected chi connectivity index (χ3v) is 6.61. The summed E-state index contributed by atoms with van der Waals surface area (Å²) in [5.41, 5.74) is 1.76. The van der Waals surface area contributed by atoms with E-state index in [0.717, 1.165) is 36.4 Å². The highest BCUT2D eigenvalue weighted by Crippen LogP contribution is 2.27. The number of piperidine rings is 1. The van der Waals surface area contributed by atoms with Gasteiger partial charge < -0.3 is 10.1 Å². The normalized spacial score (nSPS) is 18.7. The van der Waals surface area contributed by atoms with Crippen LogP contribution in [0.1, 0.15) is 26.2 Å². The van der Waals surface area contributed by atoms with Gasteiger partial charge >= 0.3 is 0 Å². The van der Waals surface area contributed by atoms with E-state index >= 15 is 0 Å². The number of anilines is 2. The van der Waals surface area contributed by atoms with Crippen molar-refractivity contribution in [3.8, 4) is 5.75 Å². The highest BCUT2D eigenvalue weighted by molar-refractivity contribution is 7.89. The molecule has 0 aromatic heterocycles. The number of rotatable bonds is 5. The van der Waals surface area contributed by atoms with Crippen molar-refractivity contribution in [2.75, 3.05) is 19.0 Å². The van der Waals surface area contributed by atoms with Crippen LogP contribution < -0.4 is 10.1 Å². The van der Waals surface area contributed by atoms with Crippen LogP contribution in [-0.2, 0) is 10.0 Å². The summed E-state index contributed by atoms with van der Waals surface area (Å²) in [6.45, 7) is 2.59. The molecule has 1 unspecified atom stereocenters. The number of nitrogens with one attached hydrogen (secondary N) is 1. The van der Waals surface area contributed by atoms with Crippen LogP contribution in [0.4, 0.5) is 11.4 Å². The van der Waals surface area contributed by atoms with Crippen molar-refractivity contribution < 1.29 is 13.2 Å². The molecule has 0 radical (unpaired) electrons. The van der Waals surface area contributed by atoms with Gasteiger partial charge in [0.25, 0.3) is 0 Å². The maximum atomic E-state index is 12.8. The summed E-state index contributed by atoms with van der Waals surface area (Å²) in [7, 11) is -1.79. The molecule has 0 bridgehead atoms. The lowest BCUT2D eigenvalue weighted by Gasteiger charge is -2.32. The quantitative estimate of drug-likeness (QED) is 0.875. The standard InChI is InChI=1S/C19H24N2O3S/c1-15-5-3-4-14-21(15)25(22,23)19-12-8-17(9-13-19)20-16-6-10-18(24-2)11-7-16/h6-13,15,20H,3-5,14H2,1-2H3. The molecule has 1 atom stereocenters. The van der Waals surface area contributed by atoms with Crippen LogP contribution in [0.25, 0.3) is 0 Å². The molecule has 0 spiro atoms. The minimum atomic E-state index is -3.42. The van der Waals surface area contributed by atoms with Crippen LogP contribution in [0.3, 0.4) is 0 Å². The van der Waals surface area contributed by atoms with Gasteiger partial charge in [0.05, 0.1) is 12.0 Å². The molecule has 2 aromatic carbocycles. The first kappa shape index (κ1) is 17.8. The highest BCUT2D eigenvalue weighted by atomic mass is 32.2. The fraction of sp³-hybridized carbons (Fsp3) is 0.368. The Morgan fingerprint density at radius 3 is 2.16 bits per heavy atom. The van der Waals surface area contributed by atoms with Crippen molar-refractivity contribution in [1.29, 1.82) is 0 Å². The number of hydrogen-bond acceptors (Lipinski definition) is 4. The lowest BCUT2D eigenvalue weighted by Crippen LogP contribution is -2.41. The van der Waals surface area contributed by atoms with Crippen LogP contribution in [0.15, 0.2) is 53.4 Å². The molecule has 1 N–H and O–H groups in total. The van der Waals surface area contributed by atoms with Crippen LogP contribution >= 0.6 is 0 Å². The Kier molecular flexibility index (Phi) is 5.30. The molecule has 6 heteroatoms. The molecule has 5 nitrogen and oxygen atoms in total. The van der Waals surface area contributed by atoms with Gasteiger partial charge in [-0.15, -0.1) is 0 Å². The number of hydrogen-bond donors (Lipinski definition) is 1. The van der Waals surface area contributed by atoms with Crippen molar-refractivity contribution in [3.63, 3.8) is 0 Å². The van der Waals surface area contributed by atoms with E-state index in [2.05, 4.69) is 5.32 Å². The molecule has 2 aromatic rings. The Morgan fingerprint density at radius 2 is 1.60 bits per heavy atom. The largest absolute Gasteiger partial charge is 0.497 e. The summed E-state index contributed by atoms with van der Waals surface area (Å²) in [6, 6.07) is 14.6. The highest BCUT2D eigenvalue weighted by Gasteiger charge is 2.30. The Labute approximate surface area is 149 Å². The molecule has 134 valence electrons.